The van der Waals surface area contributed by atoms with Crippen LogP contribution in [0.5, 0.6) is 0 Å². The summed E-state index contributed by atoms with van der Waals surface area (Å²) in [6.45, 7) is 4.50. The first-order valence-electron chi connectivity index (χ1n) is 6.37. The first-order chi connectivity index (χ1) is 9.41. The maximum atomic E-state index is 13.9. The first kappa shape index (κ1) is 14.5. The number of rotatable bonds is 2. The van der Waals surface area contributed by atoms with Crippen molar-refractivity contribution < 1.29 is 23.8 Å². The average Bonchev–Trinajstić information content (AvgIpc) is 2.41. The van der Waals surface area contributed by atoms with Crippen LogP contribution in [0.2, 0.25) is 0 Å². The number of hydrogen-bond donors (Lipinski definition) is 1. The van der Waals surface area contributed by atoms with Crippen molar-refractivity contribution in [1.82, 2.24) is 4.90 Å². The highest BCUT2D eigenvalue weighted by Crippen LogP contribution is 2.19. The molecule has 0 aromatic heterocycles. The molecular formula is C14H16FNO4. The van der Waals surface area contributed by atoms with Gasteiger partial charge in [0.15, 0.2) is 0 Å². The Morgan fingerprint density at radius 1 is 1.40 bits per heavy atom. The standard InChI is InChI=1S/C14H16FNO4/c1-8-9(2)20-6-5-16(8)13(17)11-4-3-10(14(18)19)7-12(11)15/h3-4,7-9H,5-6H2,1-2H3,(H,18,19). The van der Waals surface area contributed by atoms with Gasteiger partial charge in [-0.2, -0.15) is 0 Å². The summed E-state index contributed by atoms with van der Waals surface area (Å²) in [5.41, 5.74) is -0.293. The summed E-state index contributed by atoms with van der Waals surface area (Å²) in [5, 5.41) is 8.79. The molecule has 1 aromatic rings. The number of benzene rings is 1. The normalized spacial score (nSPS) is 22.6. The zero-order valence-electron chi connectivity index (χ0n) is 11.3. The van der Waals surface area contributed by atoms with E-state index >= 15 is 0 Å². The fourth-order valence-electron chi connectivity index (χ4n) is 2.20. The monoisotopic (exact) mass is 281 g/mol. The Morgan fingerprint density at radius 2 is 2.10 bits per heavy atom. The lowest BCUT2D eigenvalue weighted by molar-refractivity contribution is -0.0441. The molecule has 20 heavy (non-hydrogen) atoms. The van der Waals surface area contributed by atoms with Crippen molar-refractivity contribution in [2.24, 2.45) is 0 Å². The van der Waals surface area contributed by atoms with Crippen LogP contribution in [0.1, 0.15) is 34.6 Å². The number of aromatic carboxylic acids is 1. The fourth-order valence-corrected chi connectivity index (χ4v) is 2.20. The number of amides is 1. The van der Waals surface area contributed by atoms with Crippen LogP contribution in [0.4, 0.5) is 4.39 Å². The lowest BCUT2D eigenvalue weighted by Crippen LogP contribution is -2.51. The van der Waals surface area contributed by atoms with Crippen LogP contribution in [-0.4, -0.2) is 47.2 Å². The van der Waals surface area contributed by atoms with Crippen LogP contribution in [-0.2, 0) is 4.74 Å². The van der Waals surface area contributed by atoms with E-state index in [1.54, 1.807) is 4.90 Å². The highest BCUT2D eigenvalue weighted by molar-refractivity contribution is 5.96. The van der Waals surface area contributed by atoms with Gasteiger partial charge in [-0.05, 0) is 32.0 Å². The number of ether oxygens (including phenoxy) is 1. The van der Waals surface area contributed by atoms with E-state index in [0.717, 1.165) is 6.07 Å². The molecule has 1 amide bonds. The summed E-state index contributed by atoms with van der Waals surface area (Å²) in [4.78, 5) is 24.6. The average molecular weight is 281 g/mol. The van der Waals surface area contributed by atoms with Gasteiger partial charge >= 0.3 is 5.97 Å². The molecule has 1 aliphatic heterocycles. The maximum absolute atomic E-state index is 13.9. The van der Waals surface area contributed by atoms with Crippen molar-refractivity contribution in [2.75, 3.05) is 13.2 Å². The quantitative estimate of drug-likeness (QED) is 0.897. The predicted octanol–water partition coefficient (Wildman–Crippen LogP) is 1.77. The van der Waals surface area contributed by atoms with Gasteiger partial charge in [0.05, 0.1) is 29.9 Å². The minimum Gasteiger partial charge on any atom is -0.478 e. The Morgan fingerprint density at radius 3 is 2.70 bits per heavy atom. The topological polar surface area (TPSA) is 66.8 Å². The number of carboxylic acid groups (broad SMARTS) is 1. The summed E-state index contributed by atoms with van der Waals surface area (Å²) in [6.07, 6.45) is -0.117. The Balaban J connectivity index is 2.27. The molecule has 1 N–H and O–H groups in total. The van der Waals surface area contributed by atoms with Crippen molar-refractivity contribution in [3.63, 3.8) is 0 Å². The molecule has 2 rings (SSSR count). The Hall–Kier alpha value is -1.95. The second kappa shape index (κ2) is 5.58. The summed E-state index contributed by atoms with van der Waals surface area (Å²) in [5.74, 6) is -2.49. The molecule has 1 fully saturated rings. The third-order valence-electron chi connectivity index (χ3n) is 3.59. The minimum atomic E-state index is -1.23. The van der Waals surface area contributed by atoms with Crippen LogP contribution in [0.15, 0.2) is 18.2 Å². The molecule has 0 radical (unpaired) electrons. The van der Waals surface area contributed by atoms with Crippen LogP contribution in [0.25, 0.3) is 0 Å². The highest BCUT2D eigenvalue weighted by atomic mass is 19.1. The second-order valence-electron chi connectivity index (χ2n) is 4.81. The zero-order valence-corrected chi connectivity index (χ0v) is 11.3. The summed E-state index contributed by atoms with van der Waals surface area (Å²) >= 11 is 0. The van der Waals surface area contributed by atoms with Crippen molar-refractivity contribution >= 4 is 11.9 Å². The molecule has 0 saturated carbocycles. The van der Waals surface area contributed by atoms with Crippen molar-refractivity contribution in [1.29, 1.82) is 0 Å². The summed E-state index contributed by atoms with van der Waals surface area (Å²) < 4.78 is 19.3. The van der Waals surface area contributed by atoms with E-state index < -0.39 is 17.7 Å². The number of carboxylic acids is 1. The number of morpholine rings is 1. The van der Waals surface area contributed by atoms with E-state index in [1.165, 1.54) is 12.1 Å². The van der Waals surface area contributed by atoms with Gasteiger partial charge in [-0.3, -0.25) is 4.79 Å². The van der Waals surface area contributed by atoms with E-state index in [-0.39, 0.29) is 23.3 Å². The van der Waals surface area contributed by atoms with Gasteiger partial charge < -0.3 is 14.7 Å². The molecule has 0 aliphatic carbocycles. The Labute approximate surface area is 116 Å². The largest absolute Gasteiger partial charge is 0.478 e. The van der Waals surface area contributed by atoms with Crippen molar-refractivity contribution in [3.8, 4) is 0 Å². The van der Waals surface area contributed by atoms with Gasteiger partial charge in [0.25, 0.3) is 5.91 Å². The molecule has 5 nitrogen and oxygen atoms in total. The zero-order chi connectivity index (χ0) is 14.9. The molecule has 6 heteroatoms. The Bertz CT molecular complexity index is 546. The number of halogens is 1. The second-order valence-corrected chi connectivity index (χ2v) is 4.81. The Kier molecular flexibility index (Phi) is 4.04. The lowest BCUT2D eigenvalue weighted by atomic mass is 10.1. The third-order valence-corrected chi connectivity index (χ3v) is 3.59. The molecule has 0 bridgehead atoms. The molecule has 1 heterocycles. The van der Waals surface area contributed by atoms with Crippen molar-refractivity contribution in [3.05, 3.63) is 35.1 Å². The fraction of sp³-hybridized carbons (Fsp3) is 0.429. The minimum absolute atomic E-state index is 0.115. The van der Waals surface area contributed by atoms with Gasteiger partial charge in [0.2, 0.25) is 0 Å². The molecule has 1 saturated heterocycles. The number of hydrogen-bond acceptors (Lipinski definition) is 3. The van der Waals surface area contributed by atoms with Crippen LogP contribution < -0.4 is 0 Å². The van der Waals surface area contributed by atoms with Gasteiger partial charge in [-0.15, -0.1) is 0 Å². The molecule has 108 valence electrons. The predicted molar refractivity (Wildman–Crippen MR) is 69.3 cm³/mol. The van der Waals surface area contributed by atoms with E-state index in [2.05, 4.69) is 0 Å². The van der Waals surface area contributed by atoms with Crippen LogP contribution in [0, 0.1) is 5.82 Å². The smallest absolute Gasteiger partial charge is 0.335 e. The summed E-state index contributed by atoms with van der Waals surface area (Å²) in [6, 6.07) is 3.15. The van der Waals surface area contributed by atoms with E-state index in [9.17, 15) is 14.0 Å². The van der Waals surface area contributed by atoms with Gasteiger partial charge in [0, 0.05) is 6.54 Å². The molecule has 0 spiro atoms. The first-order valence-corrected chi connectivity index (χ1v) is 6.37. The van der Waals surface area contributed by atoms with Crippen LogP contribution in [0.3, 0.4) is 0 Å². The molecule has 2 unspecified atom stereocenters. The molecule has 2 atom stereocenters. The van der Waals surface area contributed by atoms with Gasteiger partial charge in [0.1, 0.15) is 5.82 Å². The van der Waals surface area contributed by atoms with Gasteiger partial charge in [-0.1, -0.05) is 0 Å². The van der Waals surface area contributed by atoms with E-state index in [1.807, 2.05) is 13.8 Å². The SMILES string of the molecule is CC1OCCN(C(=O)c2ccc(C(=O)O)cc2F)C1C. The highest BCUT2D eigenvalue weighted by Gasteiger charge is 2.31. The van der Waals surface area contributed by atoms with Crippen LogP contribution >= 0.6 is 0 Å². The molecule has 1 aliphatic rings. The third kappa shape index (κ3) is 2.65. The van der Waals surface area contributed by atoms with Crippen molar-refractivity contribution in [2.45, 2.75) is 26.0 Å². The van der Waals surface area contributed by atoms with E-state index in [4.69, 9.17) is 9.84 Å². The summed E-state index contributed by atoms with van der Waals surface area (Å²) in [7, 11) is 0. The maximum Gasteiger partial charge on any atom is 0.335 e. The lowest BCUT2D eigenvalue weighted by Gasteiger charge is -2.37. The molecular weight excluding hydrogens is 265 g/mol. The number of carbonyl (C=O) groups excluding carboxylic acids is 1. The van der Waals surface area contributed by atoms with E-state index in [0.29, 0.717) is 13.2 Å². The number of carbonyl (C=O) groups is 2. The van der Waals surface area contributed by atoms with Gasteiger partial charge in [-0.25, -0.2) is 9.18 Å². The number of nitrogens with zero attached hydrogens (tertiary/aromatic N) is 1. The molecule has 1 aromatic carbocycles.